The molecule has 0 bridgehead atoms. The lowest BCUT2D eigenvalue weighted by molar-refractivity contribution is 1.24. The first kappa shape index (κ1) is 15.1. The van der Waals surface area contributed by atoms with E-state index >= 15 is 0 Å². The van der Waals surface area contributed by atoms with Crippen molar-refractivity contribution in [3.05, 3.63) is 87.0 Å². The summed E-state index contributed by atoms with van der Waals surface area (Å²) in [5.41, 5.74) is 6.35. The lowest BCUT2D eigenvalue weighted by Crippen LogP contribution is -2.13. The Bertz CT molecular complexity index is 1220. The van der Waals surface area contributed by atoms with E-state index in [1.165, 1.54) is 0 Å². The van der Waals surface area contributed by atoms with Gasteiger partial charge in [0, 0.05) is 28.3 Å². The Labute approximate surface area is 144 Å². The highest BCUT2D eigenvalue weighted by molar-refractivity contribution is 5.79. The highest BCUT2D eigenvalue weighted by atomic mass is 14.8. The normalized spacial score (nSPS) is 16.3. The van der Waals surface area contributed by atoms with Crippen molar-refractivity contribution in [1.82, 2.24) is 15.0 Å². The molecule has 3 N–H and O–H groups in total. The molecule has 25 heavy (non-hydrogen) atoms. The largest absolute Gasteiger partial charge is 0.355 e. The maximum absolute atomic E-state index is 4.25. The maximum Gasteiger partial charge on any atom is 0.0839 e. The molecule has 0 saturated carbocycles. The Balaban J connectivity index is 1.67. The van der Waals surface area contributed by atoms with Crippen molar-refractivity contribution in [3.8, 4) is 0 Å². The monoisotopic (exact) mass is 326 g/mol. The van der Waals surface area contributed by atoms with Gasteiger partial charge in [-0.25, -0.2) is 0 Å². The Morgan fingerprint density at radius 2 is 1.56 bits per heavy atom. The van der Waals surface area contributed by atoms with Crippen molar-refractivity contribution in [2.75, 3.05) is 0 Å². The van der Waals surface area contributed by atoms with Crippen LogP contribution in [0.3, 0.4) is 0 Å². The summed E-state index contributed by atoms with van der Waals surface area (Å²) in [5, 5.41) is 4.02. The van der Waals surface area contributed by atoms with Crippen molar-refractivity contribution in [3.63, 3.8) is 0 Å². The quantitative estimate of drug-likeness (QED) is 0.630. The molecule has 0 radical (unpaired) electrons. The Morgan fingerprint density at radius 1 is 0.840 bits per heavy atom. The Morgan fingerprint density at radius 3 is 2.24 bits per heavy atom. The summed E-state index contributed by atoms with van der Waals surface area (Å²) in [4.78, 5) is 14.3. The summed E-state index contributed by atoms with van der Waals surface area (Å²) >= 11 is 0. The van der Waals surface area contributed by atoms with E-state index in [1.54, 1.807) is 6.21 Å². The van der Waals surface area contributed by atoms with Crippen LogP contribution in [0.15, 0.2) is 59.2 Å². The molecule has 0 unspecified atom stereocenters. The Hall–Kier alpha value is -3.49. The van der Waals surface area contributed by atoms with Gasteiger partial charge in [0.05, 0.1) is 16.4 Å². The van der Waals surface area contributed by atoms with Crippen LogP contribution in [0.5, 0.6) is 0 Å². The van der Waals surface area contributed by atoms with Gasteiger partial charge in [-0.1, -0.05) is 11.8 Å². The standard InChI is InChI=1S/C21H18N4/c1-2-15-5-6-18(23-15)13-19-9-10-21(25-19)14-20-8-7-17(24-20)12-16-4-3-11-22-16/h2-12,14,23-25H,1H3. The second kappa shape index (κ2) is 6.56. The fourth-order valence-corrected chi connectivity index (χ4v) is 2.69. The number of H-pyrrole nitrogens is 3. The molecule has 4 nitrogen and oxygen atoms in total. The number of hydrogen-bond donors (Lipinski definition) is 3. The van der Waals surface area contributed by atoms with E-state index in [0.717, 1.165) is 38.5 Å². The molecular formula is C21H18N4. The molecule has 4 rings (SSSR count). The van der Waals surface area contributed by atoms with Gasteiger partial charge >= 0.3 is 0 Å². The summed E-state index contributed by atoms with van der Waals surface area (Å²) in [7, 11) is 0. The fourth-order valence-electron chi connectivity index (χ4n) is 2.69. The Kier molecular flexibility index (Phi) is 3.95. The maximum atomic E-state index is 4.25. The van der Waals surface area contributed by atoms with Gasteiger partial charge in [0.25, 0.3) is 0 Å². The molecular weight excluding hydrogens is 308 g/mol. The summed E-state index contributed by atoms with van der Waals surface area (Å²) in [5.74, 6) is 0. The number of nitrogens with zero attached hydrogens (tertiary/aromatic N) is 1. The van der Waals surface area contributed by atoms with Crippen molar-refractivity contribution >= 4 is 30.2 Å². The average molecular weight is 326 g/mol. The molecule has 0 fully saturated rings. The van der Waals surface area contributed by atoms with E-state index in [-0.39, 0.29) is 0 Å². The van der Waals surface area contributed by atoms with Crippen LogP contribution < -0.4 is 21.4 Å². The van der Waals surface area contributed by atoms with E-state index in [1.807, 2.05) is 61.6 Å². The minimum Gasteiger partial charge on any atom is -0.355 e. The smallest absolute Gasteiger partial charge is 0.0839 e. The second-order valence-electron chi connectivity index (χ2n) is 5.79. The molecule has 0 spiro atoms. The van der Waals surface area contributed by atoms with E-state index < -0.39 is 0 Å². The van der Waals surface area contributed by atoms with Crippen LogP contribution in [-0.4, -0.2) is 21.2 Å². The third kappa shape index (κ3) is 3.55. The minimum absolute atomic E-state index is 0.940. The third-order valence-electron chi connectivity index (χ3n) is 3.92. The molecule has 4 heteroatoms. The lowest BCUT2D eigenvalue weighted by atomic mass is 10.3. The van der Waals surface area contributed by atoms with Crippen molar-refractivity contribution < 1.29 is 0 Å². The van der Waals surface area contributed by atoms with Gasteiger partial charge in [0.15, 0.2) is 0 Å². The van der Waals surface area contributed by atoms with Gasteiger partial charge in [-0.05, 0) is 67.6 Å². The highest BCUT2D eigenvalue weighted by Gasteiger charge is 1.97. The number of aliphatic imine (C=N–C) groups is 1. The first-order valence-electron chi connectivity index (χ1n) is 8.19. The third-order valence-corrected chi connectivity index (χ3v) is 3.92. The van der Waals surface area contributed by atoms with Gasteiger partial charge in [-0.15, -0.1) is 0 Å². The van der Waals surface area contributed by atoms with E-state index in [4.69, 9.17) is 0 Å². The highest BCUT2D eigenvalue weighted by Crippen LogP contribution is 2.11. The number of nitrogens with one attached hydrogen (secondary N) is 3. The van der Waals surface area contributed by atoms with E-state index in [9.17, 15) is 0 Å². The van der Waals surface area contributed by atoms with E-state index in [2.05, 4.69) is 37.8 Å². The van der Waals surface area contributed by atoms with Crippen LogP contribution in [0.2, 0.25) is 0 Å². The van der Waals surface area contributed by atoms with Crippen molar-refractivity contribution in [1.29, 1.82) is 0 Å². The predicted molar refractivity (Wildman–Crippen MR) is 103 cm³/mol. The second-order valence-corrected chi connectivity index (χ2v) is 5.79. The first-order valence-corrected chi connectivity index (χ1v) is 8.19. The SMILES string of the molecule is CC=c1ccc(=C=c2ccc(=Cc3ccc(C=C4C=CC=N4)[nH]3)[nH]2)[nH]1. The van der Waals surface area contributed by atoms with E-state index in [0.29, 0.717) is 0 Å². The topological polar surface area (TPSA) is 59.7 Å². The van der Waals surface area contributed by atoms with Gasteiger partial charge in [0.1, 0.15) is 0 Å². The molecule has 1 aliphatic rings. The number of hydrogen-bond acceptors (Lipinski definition) is 1. The van der Waals surface area contributed by atoms with Gasteiger partial charge in [-0.2, -0.15) is 0 Å². The summed E-state index contributed by atoms with van der Waals surface area (Å²) in [6.45, 7) is 2.01. The molecule has 0 atom stereocenters. The molecule has 122 valence electrons. The zero-order valence-corrected chi connectivity index (χ0v) is 13.9. The van der Waals surface area contributed by atoms with Crippen molar-refractivity contribution in [2.45, 2.75) is 6.92 Å². The molecule has 0 saturated heterocycles. The molecule has 1 aliphatic heterocycles. The van der Waals surface area contributed by atoms with Crippen molar-refractivity contribution in [2.24, 2.45) is 4.99 Å². The van der Waals surface area contributed by atoms with Crippen LogP contribution in [-0.2, 0) is 0 Å². The van der Waals surface area contributed by atoms with Crippen LogP contribution in [0.4, 0.5) is 0 Å². The zero-order chi connectivity index (χ0) is 17.1. The molecule has 3 aromatic rings. The zero-order valence-electron chi connectivity index (χ0n) is 13.9. The minimum atomic E-state index is 0.940. The molecule has 3 aromatic heterocycles. The summed E-state index contributed by atoms with van der Waals surface area (Å²) in [6, 6.07) is 12.2. The number of allylic oxidation sites excluding steroid dienone is 2. The average Bonchev–Trinajstić information content (AvgIpc) is 3.38. The lowest BCUT2D eigenvalue weighted by Gasteiger charge is -1.89. The van der Waals surface area contributed by atoms with Gasteiger partial charge in [0.2, 0.25) is 0 Å². The first-order chi connectivity index (χ1) is 12.3. The molecule has 4 heterocycles. The number of aromatic nitrogens is 3. The summed E-state index contributed by atoms with van der Waals surface area (Å²) in [6.07, 6.45) is 11.8. The molecule has 0 amide bonds. The van der Waals surface area contributed by atoms with Crippen LogP contribution in [0.25, 0.3) is 24.0 Å². The molecule has 0 aromatic carbocycles. The van der Waals surface area contributed by atoms with Crippen LogP contribution >= 0.6 is 0 Å². The molecule has 0 aliphatic carbocycles. The number of rotatable bonds is 2. The number of aromatic amines is 3. The van der Waals surface area contributed by atoms with Gasteiger partial charge < -0.3 is 15.0 Å². The van der Waals surface area contributed by atoms with Gasteiger partial charge in [-0.3, -0.25) is 4.99 Å². The fraction of sp³-hybridized carbons (Fsp3) is 0.0476. The van der Waals surface area contributed by atoms with Crippen LogP contribution in [0, 0.1) is 0 Å². The van der Waals surface area contributed by atoms with Crippen LogP contribution in [0.1, 0.15) is 18.3 Å². The summed E-state index contributed by atoms with van der Waals surface area (Å²) < 4.78 is 0. The predicted octanol–water partition coefficient (Wildman–Crippen LogP) is 1.03.